The Kier molecular flexibility index (Phi) is 3.60. The van der Waals surface area contributed by atoms with Gasteiger partial charge >= 0.3 is 0 Å². The topological polar surface area (TPSA) is 30.5 Å². The third kappa shape index (κ3) is 2.62. The molecule has 1 aromatic rings. The van der Waals surface area contributed by atoms with Crippen molar-refractivity contribution in [3.63, 3.8) is 0 Å². The minimum absolute atomic E-state index is 0.0378. The largest absolute Gasteiger partial charge is 0.380 e. The predicted molar refractivity (Wildman–Crippen MR) is 66.8 cm³/mol. The van der Waals surface area contributed by atoms with E-state index in [1.807, 2.05) is 0 Å². The van der Waals surface area contributed by atoms with Crippen LogP contribution in [0.25, 0.3) is 0 Å². The summed E-state index contributed by atoms with van der Waals surface area (Å²) < 4.78 is 51.0. The van der Waals surface area contributed by atoms with E-state index in [0.717, 1.165) is 6.07 Å². The van der Waals surface area contributed by atoms with Crippen molar-refractivity contribution < 1.29 is 22.6 Å². The summed E-state index contributed by atoms with van der Waals surface area (Å²) in [6.45, 7) is 1.20. The molecule has 1 saturated heterocycles. The van der Waals surface area contributed by atoms with E-state index in [9.17, 15) is 13.2 Å². The summed E-state index contributed by atoms with van der Waals surface area (Å²) in [5.74, 6) is -3.51. The molecule has 0 bridgehead atoms. The van der Waals surface area contributed by atoms with Crippen molar-refractivity contribution in [2.75, 3.05) is 18.5 Å². The third-order valence-corrected chi connectivity index (χ3v) is 3.91. The molecule has 1 aliphatic heterocycles. The first-order valence-corrected chi connectivity index (χ1v) is 6.77. The van der Waals surface area contributed by atoms with Crippen molar-refractivity contribution in [1.82, 2.24) is 0 Å². The average molecular weight is 287 g/mol. The van der Waals surface area contributed by atoms with Gasteiger partial charge in [-0.25, -0.2) is 13.2 Å². The summed E-state index contributed by atoms with van der Waals surface area (Å²) in [6.07, 6.45) is 2.81. The molecule has 2 fully saturated rings. The summed E-state index contributed by atoms with van der Waals surface area (Å²) in [6, 6.07) is 1.48. The van der Waals surface area contributed by atoms with Gasteiger partial charge in [-0.3, -0.25) is 0 Å². The first-order chi connectivity index (χ1) is 9.58. The molecule has 1 N–H and O–H groups in total. The van der Waals surface area contributed by atoms with Crippen LogP contribution in [0.15, 0.2) is 12.1 Å². The lowest BCUT2D eigenvalue weighted by atomic mass is 9.90. The number of anilines is 1. The predicted octanol–water partition coefficient (Wildman–Crippen LogP) is 3.20. The van der Waals surface area contributed by atoms with Crippen molar-refractivity contribution in [1.29, 1.82) is 0 Å². The SMILES string of the molecule is Fc1cc(F)c(F)c(NC2CCC3(CC2)OCCO3)c1. The van der Waals surface area contributed by atoms with Gasteiger partial charge < -0.3 is 14.8 Å². The Morgan fingerprint density at radius 2 is 1.70 bits per heavy atom. The number of halogens is 3. The summed E-state index contributed by atoms with van der Waals surface area (Å²) in [4.78, 5) is 0. The van der Waals surface area contributed by atoms with Gasteiger partial charge in [0.2, 0.25) is 0 Å². The average Bonchev–Trinajstić information content (AvgIpc) is 2.87. The molecule has 1 aromatic carbocycles. The Morgan fingerprint density at radius 1 is 1.05 bits per heavy atom. The van der Waals surface area contributed by atoms with E-state index in [4.69, 9.17) is 9.47 Å². The number of benzene rings is 1. The molecule has 0 amide bonds. The lowest BCUT2D eigenvalue weighted by molar-refractivity contribution is -0.177. The molecule has 0 aromatic heterocycles. The summed E-state index contributed by atoms with van der Waals surface area (Å²) in [5, 5.41) is 2.87. The Balaban J connectivity index is 1.65. The van der Waals surface area contributed by atoms with Crippen molar-refractivity contribution in [3.05, 3.63) is 29.6 Å². The van der Waals surface area contributed by atoms with E-state index in [2.05, 4.69) is 5.32 Å². The zero-order valence-corrected chi connectivity index (χ0v) is 10.9. The van der Waals surface area contributed by atoms with Crippen LogP contribution in [-0.2, 0) is 9.47 Å². The van der Waals surface area contributed by atoms with Crippen LogP contribution in [0.1, 0.15) is 25.7 Å². The van der Waals surface area contributed by atoms with Crippen molar-refractivity contribution in [3.8, 4) is 0 Å². The summed E-state index contributed by atoms with van der Waals surface area (Å²) in [7, 11) is 0. The van der Waals surface area contributed by atoms with E-state index < -0.39 is 23.2 Å². The first-order valence-electron chi connectivity index (χ1n) is 6.77. The quantitative estimate of drug-likeness (QED) is 0.847. The fourth-order valence-electron chi connectivity index (χ4n) is 2.87. The summed E-state index contributed by atoms with van der Waals surface area (Å²) in [5.41, 5.74) is -0.128. The Hall–Kier alpha value is -1.27. The van der Waals surface area contributed by atoms with Gasteiger partial charge in [0.25, 0.3) is 0 Å². The van der Waals surface area contributed by atoms with Gasteiger partial charge in [-0.2, -0.15) is 0 Å². The molecule has 110 valence electrons. The Labute approximate surface area is 115 Å². The lowest BCUT2D eigenvalue weighted by Gasteiger charge is -2.36. The molecule has 1 saturated carbocycles. The van der Waals surface area contributed by atoms with Crippen molar-refractivity contribution in [2.45, 2.75) is 37.5 Å². The standard InChI is InChI=1S/C14H16F3NO2/c15-9-7-11(16)13(17)12(8-9)18-10-1-3-14(4-2-10)19-5-6-20-14/h7-8,10,18H,1-6H2. The minimum atomic E-state index is -1.18. The van der Waals surface area contributed by atoms with Crippen LogP contribution in [0.4, 0.5) is 18.9 Å². The van der Waals surface area contributed by atoms with E-state index in [-0.39, 0.29) is 11.7 Å². The first kappa shape index (κ1) is 13.7. The molecule has 6 heteroatoms. The molecule has 1 aliphatic carbocycles. The van der Waals surface area contributed by atoms with Crippen LogP contribution in [0.5, 0.6) is 0 Å². The molecule has 0 unspecified atom stereocenters. The van der Waals surface area contributed by atoms with Gasteiger partial charge in [0.15, 0.2) is 17.4 Å². The van der Waals surface area contributed by atoms with Gasteiger partial charge in [0, 0.05) is 31.0 Å². The number of hydrogen-bond donors (Lipinski definition) is 1. The second kappa shape index (κ2) is 5.26. The third-order valence-electron chi connectivity index (χ3n) is 3.91. The molecule has 1 spiro atoms. The minimum Gasteiger partial charge on any atom is -0.380 e. The van der Waals surface area contributed by atoms with E-state index in [1.165, 1.54) is 0 Å². The molecular formula is C14H16F3NO2. The van der Waals surface area contributed by atoms with Gasteiger partial charge in [-0.05, 0) is 12.8 Å². The zero-order chi connectivity index (χ0) is 14.2. The normalized spacial score (nSPS) is 22.4. The van der Waals surface area contributed by atoms with Gasteiger partial charge in [0.05, 0.1) is 18.9 Å². The highest BCUT2D eigenvalue weighted by atomic mass is 19.2. The van der Waals surface area contributed by atoms with Gasteiger partial charge in [-0.15, -0.1) is 0 Å². The van der Waals surface area contributed by atoms with E-state index in [1.54, 1.807) is 0 Å². The number of nitrogens with one attached hydrogen (secondary N) is 1. The lowest BCUT2D eigenvalue weighted by Crippen LogP contribution is -2.39. The maximum atomic E-state index is 13.6. The smallest absolute Gasteiger partial charge is 0.182 e. The number of ether oxygens (including phenoxy) is 2. The highest BCUT2D eigenvalue weighted by Gasteiger charge is 2.40. The monoisotopic (exact) mass is 287 g/mol. The second-order valence-electron chi connectivity index (χ2n) is 5.28. The number of rotatable bonds is 2. The van der Waals surface area contributed by atoms with Crippen LogP contribution < -0.4 is 5.32 Å². The van der Waals surface area contributed by atoms with Gasteiger partial charge in [0.1, 0.15) is 5.82 Å². The second-order valence-corrected chi connectivity index (χ2v) is 5.28. The van der Waals surface area contributed by atoms with E-state index in [0.29, 0.717) is 45.0 Å². The Bertz CT molecular complexity index is 493. The van der Waals surface area contributed by atoms with E-state index >= 15 is 0 Å². The van der Waals surface area contributed by atoms with Crippen LogP contribution in [0.3, 0.4) is 0 Å². The maximum absolute atomic E-state index is 13.6. The molecule has 20 heavy (non-hydrogen) atoms. The number of hydrogen-bond acceptors (Lipinski definition) is 3. The fourth-order valence-corrected chi connectivity index (χ4v) is 2.87. The fraction of sp³-hybridized carbons (Fsp3) is 0.571. The maximum Gasteiger partial charge on any atom is 0.182 e. The molecule has 0 atom stereocenters. The highest BCUT2D eigenvalue weighted by molar-refractivity contribution is 5.46. The van der Waals surface area contributed by atoms with Crippen LogP contribution in [0.2, 0.25) is 0 Å². The highest BCUT2D eigenvalue weighted by Crippen LogP contribution is 2.37. The molecule has 0 radical (unpaired) electrons. The van der Waals surface area contributed by atoms with Crippen molar-refractivity contribution >= 4 is 5.69 Å². The zero-order valence-electron chi connectivity index (χ0n) is 10.9. The van der Waals surface area contributed by atoms with Crippen LogP contribution in [0, 0.1) is 17.5 Å². The molecule has 2 aliphatic rings. The Morgan fingerprint density at radius 3 is 2.35 bits per heavy atom. The molecule has 3 rings (SSSR count). The van der Waals surface area contributed by atoms with Crippen molar-refractivity contribution in [2.24, 2.45) is 0 Å². The summed E-state index contributed by atoms with van der Waals surface area (Å²) >= 11 is 0. The molecular weight excluding hydrogens is 271 g/mol. The van der Waals surface area contributed by atoms with Crippen LogP contribution >= 0.6 is 0 Å². The molecule has 3 nitrogen and oxygen atoms in total. The van der Waals surface area contributed by atoms with Gasteiger partial charge in [-0.1, -0.05) is 0 Å². The van der Waals surface area contributed by atoms with Crippen LogP contribution in [-0.4, -0.2) is 25.0 Å². The molecule has 1 heterocycles.